The fourth-order valence-corrected chi connectivity index (χ4v) is 4.53. The molecule has 0 radical (unpaired) electrons. The fraction of sp³-hybridized carbons (Fsp3) is 0.286. The molecule has 0 unspecified atom stereocenters. The number of sulfone groups is 1. The molecule has 1 aliphatic rings. The number of carbonyl (C=O) groups excluding carboxylic acids is 1. The molecule has 160 valence electrons. The summed E-state index contributed by atoms with van der Waals surface area (Å²) in [5.41, 5.74) is 0.791. The fourth-order valence-electron chi connectivity index (χ4n) is 3.27. The molecule has 0 saturated carbocycles. The van der Waals surface area contributed by atoms with Crippen LogP contribution in [0, 0.1) is 0 Å². The number of hydrogen-bond acceptors (Lipinski definition) is 7. The SMILES string of the molecule is COc1ccc(N(C(=O)c2cc(OC)c(OC)c(OC)c2)[C@@H]2C=CS(=O)(=O)C2)cc1. The Morgan fingerprint density at radius 3 is 1.97 bits per heavy atom. The summed E-state index contributed by atoms with van der Waals surface area (Å²) in [5.74, 6) is 1.01. The molecule has 30 heavy (non-hydrogen) atoms. The Labute approximate surface area is 175 Å². The first-order chi connectivity index (χ1) is 14.3. The summed E-state index contributed by atoms with van der Waals surface area (Å²) in [5, 5.41) is 1.14. The third kappa shape index (κ3) is 4.20. The van der Waals surface area contributed by atoms with E-state index in [1.165, 1.54) is 44.4 Å². The van der Waals surface area contributed by atoms with Crippen molar-refractivity contribution in [2.24, 2.45) is 0 Å². The molecule has 0 bridgehead atoms. The summed E-state index contributed by atoms with van der Waals surface area (Å²) < 4.78 is 45.2. The van der Waals surface area contributed by atoms with E-state index in [-0.39, 0.29) is 11.3 Å². The highest BCUT2D eigenvalue weighted by Crippen LogP contribution is 2.39. The van der Waals surface area contributed by atoms with Crippen LogP contribution in [-0.2, 0) is 9.84 Å². The molecule has 0 aliphatic carbocycles. The second-order valence-corrected chi connectivity index (χ2v) is 8.44. The van der Waals surface area contributed by atoms with Gasteiger partial charge < -0.3 is 23.8 Å². The molecule has 0 saturated heterocycles. The molecule has 8 nitrogen and oxygen atoms in total. The van der Waals surface area contributed by atoms with Gasteiger partial charge in [0.15, 0.2) is 21.3 Å². The molecule has 1 atom stereocenters. The molecule has 1 aliphatic heterocycles. The Bertz CT molecular complexity index is 1040. The van der Waals surface area contributed by atoms with Gasteiger partial charge in [-0.05, 0) is 42.5 Å². The Balaban J connectivity index is 2.09. The first-order valence-corrected chi connectivity index (χ1v) is 10.7. The van der Waals surface area contributed by atoms with Crippen molar-refractivity contribution in [3.05, 3.63) is 53.4 Å². The molecule has 0 aromatic heterocycles. The van der Waals surface area contributed by atoms with Gasteiger partial charge >= 0.3 is 0 Å². The Morgan fingerprint density at radius 1 is 0.933 bits per heavy atom. The van der Waals surface area contributed by atoms with Gasteiger partial charge in [-0.2, -0.15) is 0 Å². The summed E-state index contributed by atoms with van der Waals surface area (Å²) in [6.45, 7) is 0. The van der Waals surface area contributed by atoms with E-state index in [4.69, 9.17) is 18.9 Å². The van der Waals surface area contributed by atoms with Crippen LogP contribution in [0.2, 0.25) is 0 Å². The molecule has 3 rings (SSSR count). The number of ether oxygens (including phenoxy) is 4. The van der Waals surface area contributed by atoms with Crippen LogP contribution in [0.4, 0.5) is 5.69 Å². The first-order valence-electron chi connectivity index (χ1n) is 9.02. The molecule has 0 fully saturated rings. The van der Waals surface area contributed by atoms with E-state index in [0.29, 0.717) is 28.7 Å². The van der Waals surface area contributed by atoms with E-state index in [9.17, 15) is 13.2 Å². The highest BCUT2D eigenvalue weighted by Gasteiger charge is 2.33. The van der Waals surface area contributed by atoms with E-state index < -0.39 is 21.8 Å². The number of amides is 1. The van der Waals surface area contributed by atoms with Crippen molar-refractivity contribution in [3.63, 3.8) is 0 Å². The van der Waals surface area contributed by atoms with Gasteiger partial charge in [0.2, 0.25) is 5.75 Å². The second-order valence-electron chi connectivity index (χ2n) is 6.51. The first kappa shape index (κ1) is 21.5. The lowest BCUT2D eigenvalue weighted by Gasteiger charge is -2.28. The van der Waals surface area contributed by atoms with E-state index in [1.54, 1.807) is 31.4 Å². The lowest BCUT2D eigenvalue weighted by molar-refractivity contribution is 0.0982. The lowest BCUT2D eigenvalue weighted by Crippen LogP contribution is -2.41. The summed E-state index contributed by atoms with van der Waals surface area (Å²) in [6.07, 6.45) is 1.51. The standard InChI is InChI=1S/C21H23NO7S/c1-26-17-7-5-15(6-8-17)22(16-9-10-30(24,25)13-16)21(23)14-11-18(27-2)20(29-4)19(12-14)28-3/h5-12,16H,13H2,1-4H3/t16-/m1/s1. The molecule has 2 aromatic carbocycles. The van der Waals surface area contributed by atoms with Crippen molar-refractivity contribution in [1.29, 1.82) is 0 Å². The number of rotatable bonds is 7. The van der Waals surface area contributed by atoms with Gasteiger partial charge in [-0.15, -0.1) is 0 Å². The average Bonchev–Trinajstić information content (AvgIpc) is 3.12. The molecule has 2 aromatic rings. The van der Waals surface area contributed by atoms with Crippen LogP contribution in [0.15, 0.2) is 47.9 Å². The topological polar surface area (TPSA) is 91.4 Å². The molecular formula is C21H23NO7S. The van der Waals surface area contributed by atoms with Crippen LogP contribution >= 0.6 is 0 Å². The van der Waals surface area contributed by atoms with Crippen molar-refractivity contribution >= 4 is 21.4 Å². The third-order valence-corrected chi connectivity index (χ3v) is 6.10. The molecular weight excluding hydrogens is 410 g/mol. The summed E-state index contributed by atoms with van der Waals surface area (Å²) in [7, 11) is 2.55. The van der Waals surface area contributed by atoms with Gasteiger partial charge in [-0.3, -0.25) is 4.79 Å². The highest BCUT2D eigenvalue weighted by atomic mass is 32.2. The van der Waals surface area contributed by atoms with Gasteiger partial charge in [-0.1, -0.05) is 0 Å². The van der Waals surface area contributed by atoms with Crippen LogP contribution in [0.3, 0.4) is 0 Å². The van der Waals surface area contributed by atoms with Gasteiger partial charge in [0.05, 0.1) is 40.2 Å². The molecule has 1 amide bonds. The van der Waals surface area contributed by atoms with Crippen LogP contribution < -0.4 is 23.8 Å². The van der Waals surface area contributed by atoms with E-state index in [1.807, 2.05) is 0 Å². The minimum atomic E-state index is -3.38. The summed E-state index contributed by atoms with van der Waals surface area (Å²) in [4.78, 5) is 15.0. The number of anilines is 1. The number of benzene rings is 2. The number of nitrogens with zero attached hydrogens (tertiary/aromatic N) is 1. The molecule has 0 N–H and O–H groups in total. The second kappa shape index (κ2) is 8.66. The highest BCUT2D eigenvalue weighted by molar-refractivity contribution is 7.94. The van der Waals surface area contributed by atoms with Crippen LogP contribution in [-0.4, -0.2) is 54.6 Å². The van der Waals surface area contributed by atoms with Gasteiger partial charge in [0.25, 0.3) is 5.91 Å². The predicted octanol–water partition coefficient (Wildman–Crippen LogP) is 2.68. The number of hydrogen-bond donors (Lipinski definition) is 0. The average molecular weight is 433 g/mol. The Kier molecular flexibility index (Phi) is 6.21. The van der Waals surface area contributed by atoms with Crippen molar-refractivity contribution in [3.8, 4) is 23.0 Å². The number of carbonyl (C=O) groups is 1. The minimum Gasteiger partial charge on any atom is -0.497 e. The molecule has 0 spiro atoms. The van der Waals surface area contributed by atoms with Gasteiger partial charge in [-0.25, -0.2) is 8.42 Å². The zero-order valence-corrected chi connectivity index (χ0v) is 17.9. The molecule has 9 heteroatoms. The number of methoxy groups -OCH3 is 4. The Morgan fingerprint density at radius 2 is 1.53 bits per heavy atom. The molecule has 1 heterocycles. The van der Waals surface area contributed by atoms with Gasteiger partial charge in [0.1, 0.15) is 5.75 Å². The maximum atomic E-state index is 13.5. The third-order valence-electron chi connectivity index (χ3n) is 4.72. The van der Waals surface area contributed by atoms with Crippen LogP contribution in [0.5, 0.6) is 23.0 Å². The lowest BCUT2D eigenvalue weighted by atomic mass is 10.1. The smallest absolute Gasteiger partial charge is 0.259 e. The predicted molar refractivity (Wildman–Crippen MR) is 113 cm³/mol. The van der Waals surface area contributed by atoms with Gasteiger partial charge in [0, 0.05) is 16.7 Å². The largest absolute Gasteiger partial charge is 0.497 e. The maximum absolute atomic E-state index is 13.5. The summed E-state index contributed by atoms with van der Waals surface area (Å²) in [6, 6.07) is 9.23. The Hall–Kier alpha value is -3.20. The van der Waals surface area contributed by atoms with Crippen molar-refractivity contribution in [2.75, 3.05) is 39.1 Å². The monoisotopic (exact) mass is 433 g/mol. The van der Waals surface area contributed by atoms with Crippen molar-refractivity contribution in [1.82, 2.24) is 0 Å². The van der Waals surface area contributed by atoms with E-state index in [2.05, 4.69) is 0 Å². The van der Waals surface area contributed by atoms with Crippen LogP contribution in [0.25, 0.3) is 0 Å². The summed E-state index contributed by atoms with van der Waals surface area (Å²) >= 11 is 0. The van der Waals surface area contributed by atoms with E-state index in [0.717, 1.165) is 5.41 Å². The zero-order chi connectivity index (χ0) is 21.9. The van der Waals surface area contributed by atoms with E-state index >= 15 is 0 Å². The van der Waals surface area contributed by atoms with Crippen molar-refractivity contribution in [2.45, 2.75) is 6.04 Å². The van der Waals surface area contributed by atoms with Crippen molar-refractivity contribution < 1.29 is 32.2 Å². The van der Waals surface area contributed by atoms with Crippen LogP contribution in [0.1, 0.15) is 10.4 Å². The minimum absolute atomic E-state index is 0.199. The maximum Gasteiger partial charge on any atom is 0.259 e. The normalized spacial score (nSPS) is 16.7. The quantitative estimate of drug-likeness (QED) is 0.663. The zero-order valence-electron chi connectivity index (χ0n) is 17.1.